The zero-order chi connectivity index (χ0) is 40.2. The molecular weight excluding hydrogens is 709 g/mol. The molecule has 0 spiro atoms. The smallest absolute Gasteiger partial charge is 0.457 e. The fraction of sp³-hybridized carbons (Fsp3) is 0.761. The Morgan fingerprint density at radius 1 is 0.564 bits per heavy atom. The van der Waals surface area contributed by atoms with Gasteiger partial charge in [-0.15, -0.1) is 0 Å². The number of allylic oxidation sites excluding steroid dienone is 10. The normalized spacial score (nSPS) is 14.0. The van der Waals surface area contributed by atoms with Crippen LogP contribution >= 0.6 is 7.82 Å². The first-order valence-electron chi connectivity index (χ1n) is 22.3. The van der Waals surface area contributed by atoms with Gasteiger partial charge in [-0.3, -0.25) is 13.8 Å². The molecule has 0 aliphatic carbocycles. The molecule has 0 aromatic rings. The summed E-state index contributed by atoms with van der Waals surface area (Å²) in [5.41, 5.74) is 5.36. The number of phosphoric ester groups is 1. The van der Waals surface area contributed by atoms with Crippen molar-refractivity contribution >= 4 is 13.8 Å². The van der Waals surface area contributed by atoms with Crippen molar-refractivity contribution < 1.29 is 32.8 Å². The lowest BCUT2D eigenvalue weighted by atomic mass is 10.0. The highest BCUT2D eigenvalue weighted by Crippen LogP contribution is 2.43. The molecule has 0 amide bonds. The number of rotatable bonds is 42. The molecule has 9 heteroatoms. The molecule has 0 aromatic heterocycles. The SMILES string of the molecule is CC/C=C\C/C=C\C/C=C\C/C=C\CCCCCCCCCCCCCCC(=O)OC(COCCCCCCCC/C=C\CCC)COP(=O)(O)OCCN. The van der Waals surface area contributed by atoms with Crippen molar-refractivity contribution in [2.24, 2.45) is 5.73 Å². The van der Waals surface area contributed by atoms with E-state index in [9.17, 15) is 14.3 Å². The van der Waals surface area contributed by atoms with Gasteiger partial charge in [0.1, 0.15) is 6.10 Å². The Balaban J connectivity index is 3.93. The second-order valence-corrected chi connectivity index (χ2v) is 16.0. The van der Waals surface area contributed by atoms with E-state index in [-0.39, 0.29) is 32.3 Å². The highest BCUT2D eigenvalue weighted by molar-refractivity contribution is 7.47. The summed E-state index contributed by atoms with van der Waals surface area (Å²) < 4.78 is 33.4. The highest BCUT2D eigenvalue weighted by atomic mass is 31.2. The van der Waals surface area contributed by atoms with Crippen LogP contribution in [0.2, 0.25) is 0 Å². The highest BCUT2D eigenvalue weighted by Gasteiger charge is 2.25. The maximum absolute atomic E-state index is 12.6. The number of phosphoric acid groups is 1. The summed E-state index contributed by atoms with van der Waals surface area (Å²) >= 11 is 0. The van der Waals surface area contributed by atoms with Crippen LogP contribution in [-0.4, -0.2) is 49.9 Å². The number of unbranched alkanes of at least 4 members (excludes halogenated alkanes) is 19. The van der Waals surface area contributed by atoms with Gasteiger partial charge >= 0.3 is 13.8 Å². The molecule has 0 fully saturated rings. The van der Waals surface area contributed by atoms with E-state index in [0.717, 1.165) is 57.8 Å². The number of esters is 1. The first-order chi connectivity index (χ1) is 26.9. The van der Waals surface area contributed by atoms with E-state index in [1.807, 2.05) is 0 Å². The molecule has 2 atom stereocenters. The molecule has 0 aliphatic heterocycles. The van der Waals surface area contributed by atoms with Gasteiger partial charge in [0, 0.05) is 19.6 Å². The minimum atomic E-state index is -4.28. The van der Waals surface area contributed by atoms with Gasteiger partial charge in [-0.2, -0.15) is 0 Å². The van der Waals surface area contributed by atoms with E-state index < -0.39 is 13.9 Å². The van der Waals surface area contributed by atoms with Gasteiger partial charge < -0.3 is 20.1 Å². The van der Waals surface area contributed by atoms with Gasteiger partial charge in [-0.1, -0.05) is 171 Å². The Kier molecular flexibility index (Phi) is 41.9. The number of hydrogen-bond acceptors (Lipinski definition) is 7. The van der Waals surface area contributed by atoms with Crippen LogP contribution < -0.4 is 5.73 Å². The van der Waals surface area contributed by atoms with Crippen LogP contribution in [0, 0.1) is 0 Å². The minimum absolute atomic E-state index is 0.0973. The predicted octanol–water partition coefficient (Wildman–Crippen LogP) is 13.4. The fourth-order valence-corrected chi connectivity index (χ4v) is 6.70. The average molecular weight is 794 g/mol. The number of hydrogen-bond donors (Lipinski definition) is 2. The van der Waals surface area contributed by atoms with E-state index in [1.165, 1.54) is 109 Å². The Bertz CT molecular complexity index is 1030. The van der Waals surface area contributed by atoms with Gasteiger partial charge in [0.15, 0.2) is 0 Å². The number of nitrogens with two attached hydrogens (primary N) is 1. The second-order valence-electron chi connectivity index (χ2n) is 14.5. The van der Waals surface area contributed by atoms with E-state index in [4.69, 9.17) is 24.3 Å². The van der Waals surface area contributed by atoms with Crippen molar-refractivity contribution in [3.8, 4) is 0 Å². The number of ether oxygens (including phenoxy) is 2. The first kappa shape index (κ1) is 53.2. The van der Waals surface area contributed by atoms with Crippen LogP contribution in [0.4, 0.5) is 0 Å². The molecule has 0 saturated carbocycles. The van der Waals surface area contributed by atoms with Crippen molar-refractivity contribution in [2.45, 2.75) is 193 Å². The minimum Gasteiger partial charge on any atom is -0.457 e. The largest absolute Gasteiger partial charge is 0.472 e. The molecule has 0 rings (SSSR count). The summed E-state index contributed by atoms with van der Waals surface area (Å²) in [6.45, 7) is 4.74. The van der Waals surface area contributed by atoms with Crippen molar-refractivity contribution in [2.75, 3.05) is 33.0 Å². The summed E-state index contributed by atoms with van der Waals surface area (Å²) in [7, 11) is -4.28. The maximum atomic E-state index is 12.6. The second kappa shape index (κ2) is 43.3. The third-order valence-electron chi connectivity index (χ3n) is 9.15. The predicted molar refractivity (Wildman–Crippen MR) is 233 cm³/mol. The monoisotopic (exact) mass is 794 g/mol. The maximum Gasteiger partial charge on any atom is 0.472 e. The zero-order valence-corrected chi connectivity index (χ0v) is 36.3. The van der Waals surface area contributed by atoms with Crippen LogP contribution in [0.3, 0.4) is 0 Å². The van der Waals surface area contributed by atoms with Gasteiger partial charge in [0.05, 0.1) is 19.8 Å². The Hall–Kier alpha value is -1.80. The Labute approximate surface area is 338 Å². The summed E-state index contributed by atoms with van der Waals surface area (Å²) in [5.74, 6) is -0.337. The topological polar surface area (TPSA) is 117 Å². The third kappa shape index (κ3) is 43.2. The van der Waals surface area contributed by atoms with E-state index in [0.29, 0.717) is 13.0 Å². The number of carbonyl (C=O) groups excluding carboxylic acids is 1. The van der Waals surface area contributed by atoms with Crippen LogP contribution in [0.25, 0.3) is 0 Å². The molecule has 8 nitrogen and oxygen atoms in total. The third-order valence-corrected chi connectivity index (χ3v) is 10.1. The zero-order valence-electron chi connectivity index (χ0n) is 35.4. The standard InChI is InChI=1S/C46H84NO7P/c1-3-5-7-9-11-13-15-16-17-18-19-20-21-22-23-24-25-26-27-28-29-31-33-35-37-39-46(48)54-45(44-53-55(49,50)52-42-40-47)43-51-41-38-36-34-32-30-14-12-10-8-6-4-2/h5,7-8,10-11,13,16-17,19-20,45H,3-4,6,9,12,14-15,18,21-44,47H2,1-2H3,(H,49,50)/b7-5-,10-8-,13-11-,17-16-,20-19-. The van der Waals surface area contributed by atoms with Gasteiger partial charge in [-0.05, 0) is 70.6 Å². The lowest BCUT2D eigenvalue weighted by Gasteiger charge is -2.20. The van der Waals surface area contributed by atoms with E-state index in [1.54, 1.807) is 0 Å². The van der Waals surface area contributed by atoms with Crippen molar-refractivity contribution in [1.29, 1.82) is 0 Å². The summed E-state index contributed by atoms with van der Waals surface area (Å²) in [4.78, 5) is 22.5. The molecule has 0 radical (unpaired) electrons. The van der Waals surface area contributed by atoms with Crippen LogP contribution in [0.5, 0.6) is 0 Å². The van der Waals surface area contributed by atoms with E-state index in [2.05, 4.69) is 74.6 Å². The van der Waals surface area contributed by atoms with Crippen LogP contribution in [0.15, 0.2) is 60.8 Å². The Morgan fingerprint density at radius 2 is 1.02 bits per heavy atom. The molecule has 2 unspecified atom stereocenters. The van der Waals surface area contributed by atoms with Crippen molar-refractivity contribution in [3.05, 3.63) is 60.8 Å². The average Bonchev–Trinajstić information content (AvgIpc) is 3.17. The molecular formula is C46H84NO7P. The molecule has 3 N–H and O–H groups in total. The summed E-state index contributed by atoms with van der Waals surface area (Å²) in [6.07, 6.45) is 52.5. The van der Waals surface area contributed by atoms with E-state index >= 15 is 0 Å². The molecule has 0 bridgehead atoms. The van der Waals surface area contributed by atoms with Crippen molar-refractivity contribution in [1.82, 2.24) is 0 Å². The molecule has 0 saturated heterocycles. The van der Waals surface area contributed by atoms with Crippen LogP contribution in [0.1, 0.15) is 187 Å². The molecule has 55 heavy (non-hydrogen) atoms. The van der Waals surface area contributed by atoms with Gasteiger partial charge in [0.2, 0.25) is 0 Å². The fourth-order valence-electron chi connectivity index (χ4n) is 5.93. The number of carbonyl (C=O) groups is 1. The summed E-state index contributed by atoms with van der Waals surface area (Å²) in [6, 6.07) is 0. The van der Waals surface area contributed by atoms with Crippen LogP contribution in [-0.2, 0) is 27.9 Å². The lowest BCUT2D eigenvalue weighted by molar-refractivity contribution is -0.154. The Morgan fingerprint density at radius 3 is 1.55 bits per heavy atom. The lowest BCUT2D eigenvalue weighted by Crippen LogP contribution is -2.28. The van der Waals surface area contributed by atoms with Gasteiger partial charge in [0.25, 0.3) is 0 Å². The van der Waals surface area contributed by atoms with Crippen molar-refractivity contribution in [3.63, 3.8) is 0 Å². The summed E-state index contributed by atoms with van der Waals surface area (Å²) in [5, 5.41) is 0. The molecule has 0 aromatic carbocycles. The first-order valence-corrected chi connectivity index (χ1v) is 23.8. The molecule has 0 heterocycles. The quantitative estimate of drug-likeness (QED) is 0.0271. The molecule has 320 valence electrons. The molecule has 0 aliphatic rings. The van der Waals surface area contributed by atoms with Gasteiger partial charge in [-0.25, -0.2) is 4.57 Å².